The van der Waals surface area contributed by atoms with Gasteiger partial charge in [0, 0.05) is 12.0 Å². The molecule has 18 heavy (non-hydrogen) atoms. The van der Waals surface area contributed by atoms with E-state index in [2.05, 4.69) is 0 Å². The molecule has 0 aliphatic carbocycles. The number of carbonyl (C=O) groups is 2. The maximum atomic E-state index is 13.3. The average molecular weight is 254 g/mol. The largest absolute Gasteiger partial charge is 0.456 e. The van der Waals surface area contributed by atoms with Crippen molar-refractivity contribution in [2.45, 2.75) is 32.5 Å². The van der Waals surface area contributed by atoms with Gasteiger partial charge in [0.1, 0.15) is 18.0 Å². The van der Waals surface area contributed by atoms with Crippen molar-refractivity contribution in [2.75, 3.05) is 6.54 Å². The van der Waals surface area contributed by atoms with Crippen molar-refractivity contribution in [3.05, 3.63) is 23.2 Å². The van der Waals surface area contributed by atoms with Gasteiger partial charge in [0.15, 0.2) is 5.76 Å². The molecule has 2 rings (SSSR count). The van der Waals surface area contributed by atoms with E-state index in [1.54, 1.807) is 19.9 Å². The zero-order valence-electron chi connectivity index (χ0n) is 10.3. The number of hydrogen-bond acceptors (Lipinski definition) is 3. The van der Waals surface area contributed by atoms with Gasteiger partial charge in [-0.15, -0.1) is 0 Å². The Morgan fingerprint density at radius 1 is 1.50 bits per heavy atom. The predicted octanol–water partition coefficient (Wildman–Crippen LogP) is 0.934. The third kappa shape index (κ3) is 2.10. The average Bonchev–Trinajstić information content (AvgIpc) is 2.81. The number of hydrogen-bond donors (Lipinski definition) is 1. The number of alkyl halides is 1. The van der Waals surface area contributed by atoms with E-state index in [0.717, 1.165) is 4.90 Å². The van der Waals surface area contributed by atoms with Gasteiger partial charge >= 0.3 is 0 Å². The number of nitrogens with zero attached hydrogens (tertiary/aromatic N) is 1. The van der Waals surface area contributed by atoms with Crippen LogP contribution in [0.15, 0.2) is 10.5 Å². The van der Waals surface area contributed by atoms with Crippen LogP contribution in [0.2, 0.25) is 0 Å². The topological polar surface area (TPSA) is 76.5 Å². The van der Waals surface area contributed by atoms with Crippen molar-refractivity contribution in [3.8, 4) is 0 Å². The smallest absolute Gasteiger partial charge is 0.290 e. The van der Waals surface area contributed by atoms with Gasteiger partial charge in [0.25, 0.3) is 5.91 Å². The van der Waals surface area contributed by atoms with E-state index in [9.17, 15) is 14.0 Å². The lowest BCUT2D eigenvalue weighted by molar-refractivity contribution is -0.121. The normalized spacial score (nSPS) is 23.4. The lowest BCUT2D eigenvalue weighted by atomic mass is 10.2. The third-order valence-corrected chi connectivity index (χ3v) is 3.07. The Morgan fingerprint density at radius 2 is 2.17 bits per heavy atom. The van der Waals surface area contributed by atoms with Gasteiger partial charge in [0.05, 0.1) is 6.54 Å². The molecular formula is C12H15FN2O3. The number of likely N-dealkylation sites (tertiary alicyclic amines) is 1. The third-order valence-electron chi connectivity index (χ3n) is 3.07. The minimum Gasteiger partial charge on any atom is -0.456 e. The van der Waals surface area contributed by atoms with Crippen LogP contribution in [0.1, 0.15) is 28.3 Å². The number of carbonyl (C=O) groups excluding carboxylic acids is 2. The summed E-state index contributed by atoms with van der Waals surface area (Å²) in [5, 5.41) is 0. The molecule has 1 saturated heterocycles. The molecular weight excluding hydrogens is 239 g/mol. The number of aryl methyl sites for hydroxylation is 2. The van der Waals surface area contributed by atoms with E-state index < -0.39 is 24.0 Å². The van der Waals surface area contributed by atoms with Gasteiger partial charge in [-0.1, -0.05) is 0 Å². The molecule has 5 nitrogen and oxygen atoms in total. The van der Waals surface area contributed by atoms with Gasteiger partial charge < -0.3 is 15.1 Å². The maximum absolute atomic E-state index is 13.3. The molecule has 1 fully saturated rings. The Hall–Kier alpha value is -1.85. The van der Waals surface area contributed by atoms with Crippen LogP contribution in [0.3, 0.4) is 0 Å². The molecule has 0 aromatic carbocycles. The quantitative estimate of drug-likeness (QED) is 0.853. The van der Waals surface area contributed by atoms with Crippen LogP contribution in [0.5, 0.6) is 0 Å². The lowest BCUT2D eigenvalue weighted by Crippen LogP contribution is -2.43. The fraction of sp³-hybridized carbons (Fsp3) is 0.500. The first kappa shape index (κ1) is 12.6. The fourth-order valence-electron chi connectivity index (χ4n) is 2.26. The van der Waals surface area contributed by atoms with Gasteiger partial charge in [0.2, 0.25) is 5.91 Å². The van der Waals surface area contributed by atoms with Crippen LogP contribution in [0.25, 0.3) is 0 Å². The molecule has 1 aromatic rings. The van der Waals surface area contributed by atoms with Gasteiger partial charge in [-0.2, -0.15) is 0 Å². The fourth-order valence-corrected chi connectivity index (χ4v) is 2.26. The second-order valence-corrected chi connectivity index (χ2v) is 4.58. The second kappa shape index (κ2) is 4.44. The monoisotopic (exact) mass is 254 g/mol. The highest BCUT2D eigenvalue weighted by molar-refractivity contribution is 5.96. The van der Waals surface area contributed by atoms with E-state index in [1.807, 2.05) is 0 Å². The summed E-state index contributed by atoms with van der Waals surface area (Å²) in [6.45, 7) is 3.33. The highest BCUT2D eigenvalue weighted by Gasteiger charge is 2.40. The first-order valence-corrected chi connectivity index (χ1v) is 5.71. The molecule has 0 radical (unpaired) electrons. The van der Waals surface area contributed by atoms with E-state index in [0.29, 0.717) is 11.3 Å². The standard InChI is InChI=1S/C12H15FN2O3/c1-6-3-7(2)18-10(6)12(17)15-5-8(13)4-9(15)11(14)16/h3,8-9H,4-5H2,1-2H3,(H2,14,16)/t8-,9+/m1/s1. The van der Waals surface area contributed by atoms with E-state index >= 15 is 0 Å². The summed E-state index contributed by atoms with van der Waals surface area (Å²) in [6.07, 6.45) is -1.26. The molecule has 2 amide bonds. The Morgan fingerprint density at radius 3 is 2.67 bits per heavy atom. The summed E-state index contributed by atoms with van der Waals surface area (Å²) in [5.41, 5.74) is 5.85. The zero-order chi connectivity index (χ0) is 13.4. The molecule has 1 aromatic heterocycles. The second-order valence-electron chi connectivity index (χ2n) is 4.58. The van der Waals surface area contributed by atoms with Crippen LogP contribution < -0.4 is 5.73 Å². The minimum atomic E-state index is -1.22. The Kier molecular flexibility index (Phi) is 3.11. The highest BCUT2D eigenvalue weighted by atomic mass is 19.1. The number of primary amides is 1. The maximum Gasteiger partial charge on any atom is 0.290 e. The van der Waals surface area contributed by atoms with Crippen LogP contribution in [0.4, 0.5) is 4.39 Å². The van der Waals surface area contributed by atoms with Crippen LogP contribution in [0, 0.1) is 13.8 Å². The summed E-state index contributed by atoms with van der Waals surface area (Å²) < 4.78 is 18.6. The molecule has 1 aliphatic heterocycles. The lowest BCUT2D eigenvalue weighted by Gasteiger charge is -2.20. The molecule has 0 bridgehead atoms. The highest BCUT2D eigenvalue weighted by Crippen LogP contribution is 2.24. The zero-order valence-corrected chi connectivity index (χ0v) is 10.3. The summed E-state index contributed by atoms with van der Waals surface area (Å²) >= 11 is 0. The SMILES string of the molecule is Cc1cc(C)c(C(=O)N2C[C@H](F)C[C@H]2C(N)=O)o1. The number of rotatable bonds is 2. The van der Waals surface area contributed by atoms with Crippen LogP contribution in [-0.2, 0) is 4.79 Å². The van der Waals surface area contributed by atoms with Crippen molar-refractivity contribution in [1.82, 2.24) is 4.90 Å². The summed E-state index contributed by atoms with van der Waals surface area (Å²) in [5.74, 6) is -0.427. The molecule has 2 N–H and O–H groups in total. The molecule has 98 valence electrons. The number of furan rings is 1. The van der Waals surface area contributed by atoms with Crippen molar-refractivity contribution in [1.29, 1.82) is 0 Å². The summed E-state index contributed by atoms with van der Waals surface area (Å²) in [6, 6.07) is 0.826. The minimum absolute atomic E-state index is 0.0419. The first-order chi connectivity index (χ1) is 8.40. The van der Waals surface area contributed by atoms with Crippen molar-refractivity contribution >= 4 is 11.8 Å². The van der Waals surface area contributed by atoms with E-state index in [-0.39, 0.29) is 18.7 Å². The van der Waals surface area contributed by atoms with Crippen LogP contribution in [-0.4, -0.2) is 35.5 Å². The Bertz CT molecular complexity index is 498. The number of amides is 2. The molecule has 0 unspecified atom stereocenters. The van der Waals surface area contributed by atoms with Crippen LogP contribution >= 0.6 is 0 Å². The Labute approximate surface area is 104 Å². The van der Waals surface area contributed by atoms with E-state index in [1.165, 1.54) is 0 Å². The van der Waals surface area contributed by atoms with Crippen molar-refractivity contribution in [2.24, 2.45) is 5.73 Å². The predicted molar refractivity (Wildman–Crippen MR) is 61.7 cm³/mol. The summed E-state index contributed by atoms with van der Waals surface area (Å²) in [4.78, 5) is 24.6. The van der Waals surface area contributed by atoms with Gasteiger partial charge in [-0.3, -0.25) is 9.59 Å². The van der Waals surface area contributed by atoms with Gasteiger partial charge in [-0.25, -0.2) is 4.39 Å². The molecule has 0 saturated carbocycles. The first-order valence-electron chi connectivity index (χ1n) is 5.71. The summed E-state index contributed by atoms with van der Waals surface area (Å²) in [7, 11) is 0. The molecule has 2 atom stereocenters. The number of halogens is 1. The Balaban J connectivity index is 2.28. The molecule has 1 aliphatic rings. The number of nitrogens with two attached hydrogens (primary N) is 1. The van der Waals surface area contributed by atoms with Crippen molar-refractivity contribution < 1.29 is 18.4 Å². The van der Waals surface area contributed by atoms with Crippen molar-refractivity contribution in [3.63, 3.8) is 0 Å². The molecule has 0 spiro atoms. The van der Waals surface area contributed by atoms with Gasteiger partial charge in [-0.05, 0) is 19.9 Å². The van der Waals surface area contributed by atoms with E-state index in [4.69, 9.17) is 10.2 Å². The molecule has 6 heteroatoms. The molecule has 2 heterocycles.